The molecule has 9 heteroatoms. The molecule has 0 aromatic heterocycles. The van der Waals surface area contributed by atoms with E-state index >= 15 is 0 Å². The molecule has 0 heterocycles. The van der Waals surface area contributed by atoms with E-state index in [1.807, 2.05) is 32.9 Å². The zero-order valence-electron chi connectivity index (χ0n) is 18.2. The summed E-state index contributed by atoms with van der Waals surface area (Å²) < 4.78 is 36.7. The predicted molar refractivity (Wildman–Crippen MR) is 122 cm³/mol. The van der Waals surface area contributed by atoms with Gasteiger partial charge in [-0.15, -0.1) is 0 Å². The van der Waals surface area contributed by atoms with Crippen LogP contribution in [0.1, 0.15) is 37.9 Å². The lowest BCUT2D eigenvalue weighted by atomic mass is 10.1. The molecule has 2 aromatic rings. The van der Waals surface area contributed by atoms with Gasteiger partial charge in [0, 0.05) is 11.6 Å². The number of rotatable bonds is 11. The minimum absolute atomic E-state index is 0.0118. The van der Waals surface area contributed by atoms with E-state index in [4.69, 9.17) is 21.1 Å². The van der Waals surface area contributed by atoms with E-state index in [2.05, 4.69) is 5.32 Å². The smallest absolute Gasteiger partial charge is 0.235 e. The van der Waals surface area contributed by atoms with Gasteiger partial charge in [0.15, 0.2) is 11.5 Å². The molecule has 2 aromatic carbocycles. The lowest BCUT2D eigenvalue weighted by molar-refractivity contribution is -0.122. The Hall–Kier alpha value is -2.29. The average Bonchev–Trinajstić information content (AvgIpc) is 2.70. The number of sulfonamides is 1. The highest BCUT2D eigenvalue weighted by atomic mass is 35.5. The lowest BCUT2D eigenvalue weighted by Gasteiger charge is -2.22. The maximum Gasteiger partial charge on any atom is 0.235 e. The molecule has 1 unspecified atom stereocenters. The van der Waals surface area contributed by atoms with Crippen LogP contribution in [0, 0.1) is 0 Å². The van der Waals surface area contributed by atoms with Crippen LogP contribution < -0.4 is 14.8 Å². The maximum absolute atomic E-state index is 12.6. The number of halogens is 1. The minimum atomic E-state index is -3.62. The van der Waals surface area contributed by atoms with Crippen molar-refractivity contribution < 1.29 is 22.7 Å². The Morgan fingerprint density at radius 1 is 1.10 bits per heavy atom. The molecule has 0 spiro atoms. The van der Waals surface area contributed by atoms with E-state index < -0.39 is 15.9 Å². The first-order valence-electron chi connectivity index (χ1n) is 10.0. The summed E-state index contributed by atoms with van der Waals surface area (Å²) in [6, 6.07) is 12.0. The van der Waals surface area contributed by atoms with Crippen molar-refractivity contribution in [3.05, 3.63) is 58.6 Å². The molecule has 1 amide bonds. The Morgan fingerprint density at radius 3 is 2.35 bits per heavy atom. The third-order valence-corrected chi connectivity index (χ3v) is 6.10. The number of carbonyl (C=O) groups excluding carboxylic acids is 1. The molecule has 0 saturated heterocycles. The predicted octanol–water partition coefficient (Wildman–Crippen LogP) is 3.78. The Balaban J connectivity index is 2.11. The molecule has 0 aliphatic heterocycles. The number of nitrogens with one attached hydrogen (secondary N) is 1. The highest BCUT2D eigenvalue weighted by Gasteiger charge is 2.23. The number of hydrogen-bond donors (Lipinski definition) is 1. The number of amides is 1. The molecule has 2 rings (SSSR count). The number of hydrogen-bond acceptors (Lipinski definition) is 5. The van der Waals surface area contributed by atoms with Crippen LogP contribution >= 0.6 is 11.6 Å². The van der Waals surface area contributed by atoms with E-state index in [0.29, 0.717) is 35.3 Å². The van der Waals surface area contributed by atoms with Crippen molar-refractivity contribution in [3.8, 4) is 11.5 Å². The van der Waals surface area contributed by atoms with E-state index in [-0.39, 0.29) is 19.1 Å². The van der Waals surface area contributed by atoms with Crippen molar-refractivity contribution in [1.82, 2.24) is 9.62 Å². The van der Waals surface area contributed by atoms with Gasteiger partial charge in [-0.05, 0) is 50.1 Å². The number of benzene rings is 2. The van der Waals surface area contributed by atoms with Gasteiger partial charge in [0.1, 0.15) is 0 Å². The van der Waals surface area contributed by atoms with Crippen LogP contribution in [0.25, 0.3) is 0 Å². The molecule has 1 atom stereocenters. The third-order valence-electron chi connectivity index (χ3n) is 4.54. The topological polar surface area (TPSA) is 84.9 Å². The molecular formula is C22H29ClN2O5S. The summed E-state index contributed by atoms with van der Waals surface area (Å²) in [5.74, 6) is 0.811. The zero-order chi connectivity index (χ0) is 23.0. The van der Waals surface area contributed by atoms with Gasteiger partial charge in [-0.25, -0.2) is 8.42 Å². The van der Waals surface area contributed by atoms with Crippen molar-refractivity contribution in [3.63, 3.8) is 0 Å². The second-order valence-corrected chi connectivity index (χ2v) is 9.37. The first-order chi connectivity index (χ1) is 14.7. The summed E-state index contributed by atoms with van der Waals surface area (Å²) in [6.45, 7) is 6.28. The number of nitrogens with zero attached hydrogens (tertiary/aromatic N) is 1. The second-order valence-electron chi connectivity index (χ2n) is 6.98. The van der Waals surface area contributed by atoms with Gasteiger partial charge in [-0.1, -0.05) is 35.9 Å². The Morgan fingerprint density at radius 2 is 1.74 bits per heavy atom. The molecule has 0 saturated carbocycles. The van der Waals surface area contributed by atoms with E-state index in [1.54, 1.807) is 30.3 Å². The SMILES string of the molecule is CCOc1ccc(C(C)NC(=O)CN(Cc2ccccc2Cl)S(C)(=O)=O)cc1OCC. The first kappa shape index (κ1) is 25.0. The number of ether oxygens (including phenoxy) is 2. The van der Waals surface area contributed by atoms with Gasteiger partial charge in [0.05, 0.1) is 32.1 Å². The second kappa shape index (κ2) is 11.4. The van der Waals surface area contributed by atoms with Crippen LogP contribution in [-0.4, -0.2) is 44.6 Å². The van der Waals surface area contributed by atoms with Crippen LogP contribution in [0.5, 0.6) is 11.5 Å². The molecule has 0 fully saturated rings. The molecule has 0 aliphatic carbocycles. The van der Waals surface area contributed by atoms with E-state index in [9.17, 15) is 13.2 Å². The molecule has 7 nitrogen and oxygen atoms in total. The summed E-state index contributed by atoms with van der Waals surface area (Å²) >= 11 is 6.15. The summed E-state index contributed by atoms with van der Waals surface area (Å²) in [5, 5.41) is 3.29. The highest BCUT2D eigenvalue weighted by Crippen LogP contribution is 2.30. The van der Waals surface area contributed by atoms with Crippen LogP contribution in [0.15, 0.2) is 42.5 Å². The molecular weight excluding hydrogens is 440 g/mol. The van der Waals surface area contributed by atoms with Gasteiger partial charge < -0.3 is 14.8 Å². The lowest BCUT2D eigenvalue weighted by Crippen LogP contribution is -2.40. The van der Waals surface area contributed by atoms with Crippen LogP contribution in [0.3, 0.4) is 0 Å². The van der Waals surface area contributed by atoms with Gasteiger partial charge >= 0.3 is 0 Å². The largest absolute Gasteiger partial charge is 0.490 e. The monoisotopic (exact) mass is 468 g/mol. The maximum atomic E-state index is 12.6. The third kappa shape index (κ3) is 7.41. The summed E-state index contributed by atoms with van der Waals surface area (Å²) in [6.07, 6.45) is 1.07. The molecule has 0 aliphatic rings. The van der Waals surface area contributed by atoms with Crippen LogP contribution in [-0.2, 0) is 21.4 Å². The highest BCUT2D eigenvalue weighted by molar-refractivity contribution is 7.88. The normalized spacial score (nSPS) is 12.5. The fraction of sp³-hybridized carbons (Fsp3) is 0.409. The van der Waals surface area contributed by atoms with Crippen molar-refractivity contribution in [2.24, 2.45) is 0 Å². The fourth-order valence-corrected chi connectivity index (χ4v) is 3.90. The van der Waals surface area contributed by atoms with E-state index in [0.717, 1.165) is 16.1 Å². The van der Waals surface area contributed by atoms with Gasteiger partial charge in [-0.3, -0.25) is 4.79 Å². The summed E-state index contributed by atoms with van der Waals surface area (Å²) in [7, 11) is -3.62. The Bertz CT molecular complexity index is 997. The molecule has 0 bridgehead atoms. The van der Waals surface area contributed by atoms with Gasteiger partial charge in [0.2, 0.25) is 15.9 Å². The van der Waals surface area contributed by atoms with Crippen LogP contribution in [0.2, 0.25) is 5.02 Å². The quantitative estimate of drug-likeness (QED) is 0.542. The van der Waals surface area contributed by atoms with Crippen molar-refractivity contribution in [2.75, 3.05) is 26.0 Å². The molecule has 0 radical (unpaired) electrons. The summed E-state index contributed by atoms with van der Waals surface area (Å²) in [5.41, 5.74) is 1.44. The van der Waals surface area contributed by atoms with Crippen molar-refractivity contribution in [1.29, 1.82) is 0 Å². The molecule has 1 N–H and O–H groups in total. The first-order valence-corrected chi connectivity index (χ1v) is 12.3. The van der Waals surface area contributed by atoms with E-state index in [1.165, 1.54) is 0 Å². The van der Waals surface area contributed by atoms with Crippen molar-refractivity contribution >= 4 is 27.5 Å². The summed E-state index contributed by atoms with van der Waals surface area (Å²) in [4.78, 5) is 12.6. The van der Waals surface area contributed by atoms with Gasteiger partial charge in [-0.2, -0.15) is 4.31 Å². The fourth-order valence-electron chi connectivity index (χ4n) is 2.97. The minimum Gasteiger partial charge on any atom is -0.490 e. The average molecular weight is 469 g/mol. The Labute approximate surface area is 189 Å². The molecule has 31 heavy (non-hydrogen) atoms. The zero-order valence-corrected chi connectivity index (χ0v) is 19.8. The van der Waals surface area contributed by atoms with Gasteiger partial charge in [0.25, 0.3) is 0 Å². The Kier molecular flexibility index (Phi) is 9.15. The number of carbonyl (C=O) groups is 1. The van der Waals surface area contributed by atoms with Crippen molar-refractivity contribution in [2.45, 2.75) is 33.4 Å². The molecule has 170 valence electrons. The standard InChI is InChI=1S/C22H29ClN2O5S/c1-5-29-20-12-11-17(13-21(20)30-6-2)16(3)24-22(26)15-25(31(4,27)28)14-18-9-7-8-10-19(18)23/h7-13,16H,5-6,14-15H2,1-4H3,(H,24,26). The van der Waals surface area contributed by atoms with Crippen LogP contribution in [0.4, 0.5) is 0 Å².